The van der Waals surface area contributed by atoms with E-state index in [4.69, 9.17) is 4.74 Å². The van der Waals surface area contributed by atoms with E-state index in [1.165, 1.54) is 11.3 Å². The van der Waals surface area contributed by atoms with Crippen LogP contribution < -0.4 is 15.4 Å². The summed E-state index contributed by atoms with van der Waals surface area (Å²) >= 11 is 0. The van der Waals surface area contributed by atoms with Gasteiger partial charge in [-0.1, -0.05) is 12.1 Å². The topological polar surface area (TPSA) is 63.5 Å². The number of aliphatic imine (C=N–C) groups is 1. The molecule has 1 heterocycles. The van der Waals surface area contributed by atoms with Crippen LogP contribution in [0.4, 0.5) is 0 Å². The smallest absolute Gasteiger partial charge is 0.190 e. The van der Waals surface area contributed by atoms with Crippen LogP contribution in [0, 0.1) is 13.8 Å². The van der Waals surface area contributed by atoms with E-state index in [-0.39, 0.29) is 0 Å². The van der Waals surface area contributed by atoms with Gasteiger partial charge in [0.2, 0.25) is 0 Å². The van der Waals surface area contributed by atoms with Gasteiger partial charge in [0.05, 0.1) is 12.8 Å². The largest absolute Gasteiger partial charge is 0.497 e. The van der Waals surface area contributed by atoms with Crippen molar-refractivity contribution in [2.24, 2.45) is 4.99 Å². The standard InChI is InChI=1S/C20H31N5O/c1-16-14-17(2)25(24-16)13-7-12-23-20(21-3)22-11-6-9-18-8-5-10-19(15-18)26-4/h5,8,10,14-15H,6-7,9,11-13H2,1-4H3,(H2,21,22,23). The number of aryl methyl sites for hydroxylation is 4. The second kappa shape index (κ2) is 10.5. The van der Waals surface area contributed by atoms with Gasteiger partial charge in [-0.2, -0.15) is 5.10 Å². The molecular formula is C20H31N5O. The van der Waals surface area contributed by atoms with E-state index in [1.807, 2.05) is 19.1 Å². The van der Waals surface area contributed by atoms with Crippen LogP contribution in [0.25, 0.3) is 0 Å². The highest BCUT2D eigenvalue weighted by molar-refractivity contribution is 5.79. The molecule has 0 aliphatic heterocycles. The second-order valence-electron chi connectivity index (χ2n) is 6.38. The summed E-state index contributed by atoms with van der Waals surface area (Å²) in [6, 6.07) is 10.3. The van der Waals surface area contributed by atoms with E-state index in [9.17, 15) is 0 Å². The molecule has 6 heteroatoms. The van der Waals surface area contributed by atoms with Crippen molar-refractivity contribution >= 4 is 5.96 Å². The predicted octanol–water partition coefficient (Wildman–Crippen LogP) is 2.70. The highest BCUT2D eigenvalue weighted by Crippen LogP contribution is 2.13. The Morgan fingerprint density at radius 1 is 1.15 bits per heavy atom. The zero-order chi connectivity index (χ0) is 18.8. The molecule has 2 N–H and O–H groups in total. The maximum Gasteiger partial charge on any atom is 0.190 e. The molecule has 0 aliphatic carbocycles. The number of aromatic nitrogens is 2. The van der Waals surface area contributed by atoms with Crippen molar-refractivity contribution in [1.29, 1.82) is 0 Å². The van der Waals surface area contributed by atoms with Crippen LogP contribution in [-0.4, -0.2) is 43.0 Å². The van der Waals surface area contributed by atoms with Crippen LogP contribution in [0.5, 0.6) is 5.75 Å². The van der Waals surface area contributed by atoms with Crippen molar-refractivity contribution in [3.63, 3.8) is 0 Å². The Bertz CT molecular complexity index is 708. The summed E-state index contributed by atoms with van der Waals surface area (Å²) in [7, 11) is 3.50. The fraction of sp³-hybridized carbons (Fsp3) is 0.500. The highest BCUT2D eigenvalue weighted by Gasteiger charge is 2.02. The molecule has 0 atom stereocenters. The molecule has 0 bridgehead atoms. The molecule has 1 aromatic heterocycles. The SMILES string of the molecule is CN=C(NCCCc1cccc(OC)c1)NCCCn1nc(C)cc1C. The lowest BCUT2D eigenvalue weighted by Gasteiger charge is -2.12. The number of rotatable bonds is 9. The molecular weight excluding hydrogens is 326 g/mol. The number of ether oxygens (including phenoxy) is 1. The first-order valence-electron chi connectivity index (χ1n) is 9.21. The van der Waals surface area contributed by atoms with Crippen molar-refractivity contribution in [2.45, 2.75) is 39.7 Å². The average Bonchev–Trinajstić information content (AvgIpc) is 2.97. The van der Waals surface area contributed by atoms with E-state index < -0.39 is 0 Å². The fourth-order valence-corrected chi connectivity index (χ4v) is 2.88. The highest BCUT2D eigenvalue weighted by atomic mass is 16.5. The molecule has 0 fully saturated rings. The first kappa shape index (κ1) is 19.8. The number of hydrogen-bond donors (Lipinski definition) is 2. The minimum absolute atomic E-state index is 0.851. The Hall–Kier alpha value is -2.50. The molecule has 0 saturated carbocycles. The van der Waals surface area contributed by atoms with Gasteiger partial charge in [0.1, 0.15) is 5.75 Å². The molecule has 2 aromatic rings. The third-order valence-electron chi connectivity index (χ3n) is 4.23. The maximum absolute atomic E-state index is 5.26. The molecule has 0 amide bonds. The lowest BCUT2D eigenvalue weighted by Crippen LogP contribution is -2.38. The first-order valence-corrected chi connectivity index (χ1v) is 9.21. The summed E-state index contributed by atoms with van der Waals surface area (Å²) in [5.41, 5.74) is 3.57. The molecule has 2 rings (SSSR count). The van der Waals surface area contributed by atoms with Crippen molar-refractivity contribution < 1.29 is 4.74 Å². The third kappa shape index (κ3) is 6.43. The van der Waals surface area contributed by atoms with E-state index in [1.54, 1.807) is 14.2 Å². The summed E-state index contributed by atoms with van der Waals surface area (Å²) in [4.78, 5) is 4.28. The molecule has 0 aliphatic rings. The lowest BCUT2D eigenvalue weighted by atomic mass is 10.1. The second-order valence-corrected chi connectivity index (χ2v) is 6.38. The quantitative estimate of drug-likeness (QED) is 0.411. The van der Waals surface area contributed by atoms with Gasteiger partial charge >= 0.3 is 0 Å². The van der Waals surface area contributed by atoms with Crippen LogP contribution in [-0.2, 0) is 13.0 Å². The summed E-state index contributed by atoms with van der Waals surface area (Å²) in [5, 5.41) is 11.2. The van der Waals surface area contributed by atoms with Gasteiger partial charge < -0.3 is 15.4 Å². The van der Waals surface area contributed by atoms with Gasteiger partial charge in [0, 0.05) is 32.4 Å². The molecule has 1 aromatic carbocycles. The van der Waals surface area contributed by atoms with Gasteiger partial charge in [-0.05, 0) is 56.9 Å². The summed E-state index contributed by atoms with van der Waals surface area (Å²) in [6.45, 7) is 6.79. The van der Waals surface area contributed by atoms with Gasteiger partial charge in [0.15, 0.2) is 5.96 Å². The zero-order valence-corrected chi connectivity index (χ0v) is 16.4. The number of benzene rings is 1. The molecule has 0 spiro atoms. The van der Waals surface area contributed by atoms with E-state index in [0.717, 1.165) is 56.3 Å². The molecule has 0 saturated heterocycles. The summed E-state index contributed by atoms with van der Waals surface area (Å²) < 4.78 is 7.32. The van der Waals surface area contributed by atoms with Gasteiger partial charge in [0.25, 0.3) is 0 Å². The van der Waals surface area contributed by atoms with E-state index in [2.05, 4.69) is 50.5 Å². The number of hydrogen-bond acceptors (Lipinski definition) is 3. The number of methoxy groups -OCH3 is 1. The van der Waals surface area contributed by atoms with Crippen molar-refractivity contribution in [1.82, 2.24) is 20.4 Å². The van der Waals surface area contributed by atoms with Gasteiger partial charge in [-0.15, -0.1) is 0 Å². The monoisotopic (exact) mass is 357 g/mol. The van der Waals surface area contributed by atoms with E-state index >= 15 is 0 Å². The third-order valence-corrected chi connectivity index (χ3v) is 4.23. The van der Waals surface area contributed by atoms with Crippen LogP contribution in [0.15, 0.2) is 35.3 Å². The normalized spacial score (nSPS) is 11.5. The van der Waals surface area contributed by atoms with Crippen LogP contribution in [0.2, 0.25) is 0 Å². The average molecular weight is 358 g/mol. The van der Waals surface area contributed by atoms with Gasteiger partial charge in [-0.25, -0.2) is 0 Å². The Morgan fingerprint density at radius 3 is 2.58 bits per heavy atom. The Balaban J connectivity index is 1.62. The summed E-state index contributed by atoms with van der Waals surface area (Å²) in [5.74, 6) is 1.76. The fourth-order valence-electron chi connectivity index (χ4n) is 2.88. The Kier molecular flexibility index (Phi) is 7.99. The van der Waals surface area contributed by atoms with Crippen molar-refractivity contribution in [3.05, 3.63) is 47.3 Å². The Morgan fingerprint density at radius 2 is 1.92 bits per heavy atom. The van der Waals surface area contributed by atoms with Crippen molar-refractivity contribution in [2.75, 3.05) is 27.2 Å². The molecule has 0 radical (unpaired) electrons. The van der Waals surface area contributed by atoms with Crippen LogP contribution in [0.1, 0.15) is 29.8 Å². The van der Waals surface area contributed by atoms with Crippen LogP contribution in [0.3, 0.4) is 0 Å². The van der Waals surface area contributed by atoms with Gasteiger partial charge in [-0.3, -0.25) is 9.67 Å². The minimum atomic E-state index is 0.851. The minimum Gasteiger partial charge on any atom is -0.497 e. The molecule has 142 valence electrons. The number of nitrogens with zero attached hydrogens (tertiary/aromatic N) is 3. The summed E-state index contributed by atoms with van der Waals surface area (Å²) in [6.07, 6.45) is 3.06. The van der Waals surface area contributed by atoms with E-state index in [0.29, 0.717) is 0 Å². The molecule has 26 heavy (non-hydrogen) atoms. The Labute approximate surface area is 156 Å². The first-order chi connectivity index (χ1) is 12.6. The molecule has 0 unspecified atom stereocenters. The van der Waals surface area contributed by atoms with Crippen LogP contribution >= 0.6 is 0 Å². The number of guanidine groups is 1. The maximum atomic E-state index is 5.26. The predicted molar refractivity (Wildman–Crippen MR) is 107 cm³/mol. The lowest BCUT2D eigenvalue weighted by molar-refractivity contribution is 0.414. The van der Waals surface area contributed by atoms with Crippen molar-refractivity contribution in [3.8, 4) is 5.75 Å². The zero-order valence-electron chi connectivity index (χ0n) is 16.4. The number of nitrogens with one attached hydrogen (secondary N) is 2. The molecule has 6 nitrogen and oxygen atoms in total.